The summed E-state index contributed by atoms with van der Waals surface area (Å²) in [5.74, 6) is 0.941. The number of piperidine rings is 1. The van der Waals surface area contributed by atoms with E-state index in [4.69, 9.17) is 16.3 Å². The van der Waals surface area contributed by atoms with E-state index in [-0.39, 0.29) is 43.8 Å². The number of aryl methyl sites for hydroxylation is 1. The first-order chi connectivity index (χ1) is 35.4. The van der Waals surface area contributed by atoms with Gasteiger partial charge in [-0.1, -0.05) is 68.8 Å². The number of aliphatic hydroxyl groups is 1. The molecule has 3 fully saturated rings. The number of carbonyl (C=O) groups excluding carboxylic acids is 3. The molecular weight excluding hydrogens is 1000 g/mol. The standard InChI is InChI=1S/C53H69ClN12O6S2/c1-34-47(73-33-57-34)37-14-12-35(13-15-37)28-55-50(69)44-27-39(67)31-66(44)51(70)48(53(2,3)4)60-46(68)32-63-20-18-36(19-21-63)30-64-22-24-65(25-23-64)38-16-17-42(45(26-38)72-6)59-52-56-29-40(54)49(61-52)58-41-10-8-9-11-43(41)62(5)74(7)71/h8-17,26,29,33,36,39,44,48,67H,18-25,27-28,30-32H2,1-7H3,(H,55,69)(H,60,68)(H2,56,58,59,61)/t39-,44-,48-,74?/m1/s1. The van der Waals surface area contributed by atoms with Gasteiger partial charge in [-0.25, -0.2) is 14.2 Å². The molecule has 3 aromatic carbocycles. The molecule has 0 radical (unpaired) electrons. The van der Waals surface area contributed by atoms with Gasteiger partial charge < -0.3 is 40.9 Å². The van der Waals surface area contributed by atoms with E-state index in [0.29, 0.717) is 39.8 Å². The van der Waals surface area contributed by atoms with Crippen molar-refractivity contribution in [1.82, 2.24) is 40.3 Å². The number of likely N-dealkylation sites (tertiary alicyclic amines) is 2. The van der Waals surface area contributed by atoms with Crippen molar-refractivity contribution in [3.05, 3.63) is 94.7 Å². The van der Waals surface area contributed by atoms with E-state index in [1.807, 2.05) is 93.9 Å². The number of halogens is 1. The second kappa shape index (κ2) is 24.2. The molecule has 2 aromatic heterocycles. The number of aromatic nitrogens is 3. The number of nitrogens with zero attached hydrogens (tertiary/aromatic N) is 8. The maximum absolute atomic E-state index is 14.2. The maximum atomic E-state index is 14.2. The number of rotatable bonds is 18. The summed E-state index contributed by atoms with van der Waals surface area (Å²) in [6.45, 7) is 14.3. The van der Waals surface area contributed by atoms with Crippen LogP contribution < -0.4 is 35.2 Å². The van der Waals surface area contributed by atoms with Crippen molar-refractivity contribution in [2.75, 3.05) is 99.2 Å². The van der Waals surface area contributed by atoms with Gasteiger partial charge >= 0.3 is 0 Å². The summed E-state index contributed by atoms with van der Waals surface area (Å²) in [6.07, 6.45) is 4.37. The smallest absolute Gasteiger partial charge is 0.246 e. The largest absolute Gasteiger partial charge is 0.494 e. The van der Waals surface area contributed by atoms with Crippen LogP contribution in [0, 0.1) is 18.3 Å². The molecule has 18 nitrogen and oxygen atoms in total. The molecule has 5 heterocycles. The summed E-state index contributed by atoms with van der Waals surface area (Å²) in [5, 5.41) is 23.6. The van der Waals surface area contributed by atoms with E-state index in [0.717, 1.165) is 91.7 Å². The zero-order chi connectivity index (χ0) is 52.7. The highest BCUT2D eigenvalue weighted by Gasteiger charge is 2.44. The summed E-state index contributed by atoms with van der Waals surface area (Å²) < 4.78 is 19.7. The van der Waals surface area contributed by atoms with E-state index in [2.05, 4.69) is 57.0 Å². The Balaban J connectivity index is 0.779. The molecule has 5 N–H and O–H groups in total. The number of amides is 3. The van der Waals surface area contributed by atoms with Gasteiger partial charge in [0.1, 0.15) is 33.8 Å². The fourth-order valence-corrected chi connectivity index (χ4v) is 11.2. The van der Waals surface area contributed by atoms with Crippen LogP contribution in [0.15, 0.2) is 78.4 Å². The van der Waals surface area contributed by atoms with Gasteiger partial charge in [-0.2, -0.15) is 4.98 Å². The number of para-hydroxylation sites is 2. The molecule has 396 valence electrons. The molecule has 74 heavy (non-hydrogen) atoms. The lowest BCUT2D eigenvalue weighted by Crippen LogP contribution is -2.59. The third-order valence-corrected chi connectivity index (χ3v) is 16.3. The zero-order valence-corrected chi connectivity index (χ0v) is 45.7. The van der Waals surface area contributed by atoms with E-state index in [1.165, 1.54) is 11.1 Å². The van der Waals surface area contributed by atoms with Crippen molar-refractivity contribution in [2.24, 2.45) is 11.3 Å². The fourth-order valence-electron chi connectivity index (χ4n) is 9.81. The van der Waals surface area contributed by atoms with Gasteiger partial charge in [0, 0.05) is 77.3 Å². The second-order valence-electron chi connectivity index (χ2n) is 20.4. The van der Waals surface area contributed by atoms with Crippen LogP contribution >= 0.6 is 22.9 Å². The minimum Gasteiger partial charge on any atom is -0.494 e. The van der Waals surface area contributed by atoms with E-state index in [1.54, 1.807) is 36.1 Å². The Morgan fingerprint density at radius 2 is 1.69 bits per heavy atom. The Labute approximate surface area is 445 Å². The number of β-amino-alcohol motifs (C(OH)–C–C–N with tert-alkyl or cyclic N) is 1. The van der Waals surface area contributed by atoms with Crippen LogP contribution in [0.4, 0.5) is 34.5 Å². The predicted octanol–water partition coefficient (Wildman–Crippen LogP) is 6.43. The molecule has 3 aliphatic heterocycles. The minimum absolute atomic E-state index is 0.0225. The number of aliphatic hydroxyl groups excluding tert-OH is 1. The normalized spacial score (nSPS) is 18.7. The first kappa shape index (κ1) is 54.4. The molecule has 8 rings (SSSR count). The molecule has 3 saturated heterocycles. The number of hydrogen-bond donors (Lipinski definition) is 5. The first-order valence-electron chi connectivity index (χ1n) is 25.1. The number of carbonyl (C=O) groups is 3. The topological polar surface area (TPSA) is 201 Å². The molecule has 0 saturated carbocycles. The lowest BCUT2D eigenvalue weighted by Gasteiger charge is -2.40. The lowest BCUT2D eigenvalue weighted by atomic mass is 9.85. The highest BCUT2D eigenvalue weighted by atomic mass is 35.5. The number of nitrogens with one attached hydrogen (secondary N) is 4. The average molecular weight is 1070 g/mol. The zero-order valence-electron chi connectivity index (χ0n) is 43.3. The van der Waals surface area contributed by atoms with Crippen molar-refractivity contribution in [2.45, 2.75) is 71.7 Å². The fraction of sp³-hybridized carbons (Fsp3) is 0.472. The molecule has 0 spiro atoms. The Morgan fingerprint density at radius 1 is 0.959 bits per heavy atom. The van der Waals surface area contributed by atoms with Crippen LogP contribution in [-0.4, -0.2) is 154 Å². The number of methoxy groups -OCH3 is 1. The van der Waals surface area contributed by atoms with Gasteiger partial charge in [-0.3, -0.25) is 28.5 Å². The van der Waals surface area contributed by atoms with Gasteiger partial charge in [0.2, 0.25) is 23.7 Å². The monoisotopic (exact) mass is 1070 g/mol. The summed E-state index contributed by atoms with van der Waals surface area (Å²) in [7, 11) is 2.17. The van der Waals surface area contributed by atoms with E-state index >= 15 is 0 Å². The molecule has 3 amide bonds. The van der Waals surface area contributed by atoms with Crippen molar-refractivity contribution in [1.29, 1.82) is 0 Å². The number of hydrogen-bond acceptors (Lipinski definition) is 15. The summed E-state index contributed by atoms with van der Waals surface area (Å²) in [6, 6.07) is 19.8. The van der Waals surface area contributed by atoms with Gasteiger partial charge in [0.25, 0.3) is 0 Å². The van der Waals surface area contributed by atoms with Crippen LogP contribution in [0.5, 0.6) is 5.75 Å². The SMILES string of the molecule is COc1cc(N2CCN(CC3CCN(CC(=O)N[C@H](C(=O)N4C[C@H](O)C[C@@H]4C(=O)NCc4ccc(-c5scnc5C)cc4)C(C)(C)C)CC3)CC2)ccc1Nc1ncc(Cl)c(Nc2ccccc2N(C)S(C)=O)n1. The molecule has 21 heteroatoms. The predicted molar refractivity (Wildman–Crippen MR) is 295 cm³/mol. The minimum atomic E-state index is -1.23. The molecule has 0 aliphatic carbocycles. The van der Waals surface area contributed by atoms with Crippen LogP contribution in [0.3, 0.4) is 0 Å². The van der Waals surface area contributed by atoms with Gasteiger partial charge in [0.15, 0.2) is 5.82 Å². The quantitative estimate of drug-likeness (QED) is 0.0643. The highest BCUT2D eigenvalue weighted by molar-refractivity contribution is 7.85. The second-order valence-corrected chi connectivity index (χ2v) is 23.1. The molecule has 3 aliphatic rings. The Bertz CT molecular complexity index is 2780. The van der Waals surface area contributed by atoms with Crippen molar-refractivity contribution >= 4 is 86.2 Å². The Kier molecular flexibility index (Phi) is 17.8. The van der Waals surface area contributed by atoms with Crippen LogP contribution in [-0.2, 0) is 31.9 Å². The van der Waals surface area contributed by atoms with E-state index in [9.17, 15) is 23.7 Å². The van der Waals surface area contributed by atoms with Gasteiger partial charge in [-0.05, 0) is 79.6 Å². The molecule has 4 atom stereocenters. The summed E-state index contributed by atoms with van der Waals surface area (Å²) in [4.78, 5) is 64.5. The lowest BCUT2D eigenvalue weighted by molar-refractivity contribution is -0.144. The molecule has 5 aromatic rings. The Morgan fingerprint density at radius 3 is 2.36 bits per heavy atom. The van der Waals surface area contributed by atoms with Gasteiger partial charge in [0.05, 0.1) is 59.1 Å². The van der Waals surface area contributed by atoms with Gasteiger partial charge in [-0.15, -0.1) is 11.3 Å². The maximum Gasteiger partial charge on any atom is 0.246 e. The molecule has 0 bridgehead atoms. The van der Waals surface area contributed by atoms with Crippen LogP contribution in [0.25, 0.3) is 10.4 Å². The number of benzene rings is 3. The number of piperazine rings is 1. The molecule has 1 unspecified atom stereocenters. The Hall–Kier alpha value is -5.90. The average Bonchev–Trinajstić information content (AvgIpc) is 4.01. The van der Waals surface area contributed by atoms with Crippen molar-refractivity contribution in [3.8, 4) is 16.2 Å². The van der Waals surface area contributed by atoms with Crippen molar-refractivity contribution in [3.63, 3.8) is 0 Å². The summed E-state index contributed by atoms with van der Waals surface area (Å²) in [5.41, 5.74) is 7.32. The molecular formula is C53H69ClN12O6S2. The third-order valence-electron chi connectivity index (χ3n) is 14.1. The third kappa shape index (κ3) is 13.5. The van der Waals surface area contributed by atoms with Crippen molar-refractivity contribution < 1.29 is 28.4 Å². The van der Waals surface area contributed by atoms with E-state index < -0.39 is 34.6 Å². The highest BCUT2D eigenvalue weighted by Crippen LogP contribution is 2.35. The van der Waals surface area contributed by atoms with Crippen LogP contribution in [0.2, 0.25) is 5.02 Å². The number of thiazole rings is 1. The number of anilines is 6. The first-order valence-corrected chi connectivity index (χ1v) is 27.9. The number of ether oxygens (including phenoxy) is 1. The van der Waals surface area contributed by atoms with Crippen LogP contribution in [0.1, 0.15) is 51.3 Å². The summed E-state index contributed by atoms with van der Waals surface area (Å²) >= 11 is 8.11.